The number of rotatable bonds is 41. The van der Waals surface area contributed by atoms with Crippen LogP contribution in [0.25, 0.3) is 11.2 Å². The molecule has 0 radical (unpaired) electrons. The van der Waals surface area contributed by atoms with Crippen molar-refractivity contribution in [2.75, 3.05) is 115 Å². The number of anilines is 3. The lowest BCUT2D eigenvalue weighted by Crippen LogP contribution is -2.41. The first-order valence-corrected chi connectivity index (χ1v) is 31.0. The Kier molecular flexibility index (Phi) is 25.8. The number of hydrogen-bond donors (Lipinski definition) is 10. The van der Waals surface area contributed by atoms with E-state index in [2.05, 4.69) is 56.8 Å². The fraction of sp³-hybridized carbons (Fsp3) is 0.406. The van der Waals surface area contributed by atoms with Crippen LogP contribution in [0.15, 0.2) is 96.1 Å². The van der Waals surface area contributed by atoms with E-state index in [9.17, 15) is 48.9 Å². The fourth-order valence-electron chi connectivity index (χ4n) is 10.1. The van der Waals surface area contributed by atoms with Gasteiger partial charge in [0.2, 0.25) is 23.7 Å². The number of carboxylic acids is 1. The highest BCUT2D eigenvalue weighted by atomic mass is 16.6. The van der Waals surface area contributed by atoms with Crippen LogP contribution >= 0.6 is 0 Å². The number of aromatic amines is 1. The average Bonchev–Trinajstić information content (AvgIpc) is 1.47. The number of aliphatic carboxylic acids is 1. The number of aromatic hydroxyl groups is 2. The maximum Gasteiger partial charge on any atom is 0.340 e. The van der Waals surface area contributed by atoms with Crippen LogP contribution in [0, 0.1) is 0 Å². The molecular weight excluding hydrogens is 1250 g/mol. The van der Waals surface area contributed by atoms with E-state index in [1.807, 2.05) is 0 Å². The summed E-state index contributed by atoms with van der Waals surface area (Å²) in [5, 5.41) is 52.2. The minimum Gasteiger partial charge on any atom is -0.508 e. The lowest BCUT2D eigenvalue weighted by Gasteiger charge is -2.36. The third-order valence-electron chi connectivity index (χ3n) is 14.8. The number of fused-ring (bicyclic) bond motifs is 7. The smallest absolute Gasteiger partial charge is 0.340 e. The highest BCUT2D eigenvalue weighted by Gasteiger charge is 2.54. The number of carbonyl (C=O) groups is 6. The predicted molar refractivity (Wildman–Crippen MR) is 340 cm³/mol. The zero-order valence-electron chi connectivity index (χ0n) is 52.3. The lowest BCUT2D eigenvalue weighted by molar-refractivity contribution is -0.139. The standard InChI is InChI=1S/C64H75N13O19/c65-63-73-58-57(60(84)74-63)71-43(37-69-58)36-68-41-9-7-40(8-10-41)59(83)72-51(61(85)86)3-1-4-54(80)66-17-20-88-24-27-92-29-30-93-31-32-94-39-44-38-77(76-75-44)19-22-90-25-28-91-26-23-89-21-18-67-55(81)5-2-6-56(82)70-42-11-14-48-47(33-42)62(87)96-64(48)49-15-12-45(78)34-52(49)95-53-35-46(79)13-16-50(53)64/h7-16,33-35,37-38,51,68,78-79H,1-6,17-32,36,39H2,(H,66,80)(H,67,81)(H,70,82)(H,72,83)(H,85,86)(H3,65,69,73,74,84). The number of benzene rings is 4. The number of ether oxygens (including phenoxy) is 9. The summed E-state index contributed by atoms with van der Waals surface area (Å²) in [6.45, 7) is 5.89. The Morgan fingerprint density at radius 1 is 0.646 bits per heavy atom. The number of carbonyl (C=O) groups excluding carboxylic acids is 5. The third kappa shape index (κ3) is 20.2. The number of amides is 4. The van der Waals surface area contributed by atoms with Gasteiger partial charge in [0, 0.05) is 78.1 Å². The Balaban J connectivity index is 0.504. The molecule has 32 heteroatoms. The molecule has 96 heavy (non-hydrogen) atoms. The molecule has 32 nitrogen and oxygen atoms in total. The van der Waals surface area contributed by atoms with Crippen LogP contribution in [-0.4, -0.2) is 191 Å². The molecule has 4 amide bonds. The molecule has 0 saturated heterocycles. The van der Waals surface area contributed by atoms with Crippen molar-refractivity contribution in [1.29, 1.82) is 0 Å². The van der Waals surface area contributed by atoms with Crippen LogP contribution in [0.5, 0.6) is 23.0 Å². The number of hydrogen-bond acceptors (Lipinski definition) is 25. The second-order valence-corrected chi connectivity index (χ2v) is 21.8. The van der Waals surface area contributed by atoms with E-state index in [1.165, 1.54) is 48.7 Å². The van der Waals surface area contributed by atoms with E-state index < -0.39 is 35.0 Å². The van der Waals surface area contributed by atoms with E-state index >= 15 is 0 Å². The van der Waals surface area contributed by atoms with Gasteiger partial charge in [-0.3, -0.25) is 29.0 Å². The number of phenolic OH excluding ortho intramolecular Hbond substituents is 2. The molecule has 0 bridgehead atoms. The molecular formula is C64H75N13O19. The topological polar surface area (TPSA) is 435 Å². The Bertz CT molecular complexity index is 3820. The molecule has 0 aliphatic carbocycles. The summed E-state index contributed by atoms with van der Waals surface area (Å²) in [6.07, 6.45) is 4.04. The number of nitrogens with two attached hydrogens (primary N) is 1. The van der Waals surface area contributed by atoms with Gasteiger partial charge in [0.15, 0.2) is 16.8 Å². The Morgan fingerprint density at radius 2 is 1.22 bits per heavy atom. The lowest BCUT2D eigenvalue weighted by atomic mass is 9.77. The maximum atomic E-state index is 13.4. The number of carboxylic acid groups (broad SMARTS) is 1. The number of nitrogens with one attached hydrogen (secondary N) is 6. The molecule has 5 heterocycles. The van der Waals surface area contributed by atoms with Gasteiger partial charge in [-0.15, -0.1) is 5.10 Å². The molecule has 0 saturated carbocycles. The molecule has 7 aromatic rings. The average molecular weight is 1330 g/mol. The van der Waals surface area contributed by atoms with Gasteiger partial charge < -0.3 is 90.3 Å². The molecule has 1 atom stereocenters. The van der Waals surface area contributed by atoms with Gasteiger partial charge in [-0.05, 0) is 79.9 Å². The molecule has 1 spiro atoms. The Morgan fingerprint density at radius 3 is 1.85 bits per heavy atom. The van der Waals surface area contributed by atoms with Crippen molar-refractivity contribution >= 4 is 64.1 Å². The van der Waals surface area contributed by atoms with Gasteiger partial charge >= 0.3 is 11.9 Å². The minimum atomic E-state index is -1.42. The number of H-pyrrole nitrogens is 1. The monoisotopic (exact) mass is 1330 g/mol. The predicted octanol–water partition coefficient (Wildman–Crippen LogP) is 3.19. The molecule has 3 aromatic heterocycles. The third-order valence-corrected chi connectivity index (χ3v) is 14.8. The molecule has 4 aromatic carbocycles. The highest BCUT2D eigenvalue weighted by molar-refractivity contribution is 6.00. The largest absolute Gasteiger partial charge is 0.508 e. The first-order valence-electron chi connectivity index (χ1n) is 31.0. The number of nitrogen functional groups attached to an aromatic ring is 1. The summed E-state index contributed by atoms with van der Waals surface area (Å²) in [6, 6.07) is 19.0. The summed E-state index contributed by atoms with van der Waals surface area (Å²) in [7, 11) is 0. The van der Waals surface area contributed by atoms with Crippen LogP contribution < -0.4 is 42.6 Å². The first kappa shape index (κ1) is 70.1. The Labute approximate surface area is 548 Å². The zero-order valence-corrected chi connectivity index (χ0v) is 52.3. The zero-order chi connectivity index (χ0) is 67.7. The Hall–Kier alpha value is -10.2. The molecule has 11 N–H and O–H groups in total. The van der Waals surface area contributed by atoms with Crippen LogP contribution in [-0.2, 0) is 82.4 Å². The number of nitrogens with zero attached hydrogens (tertiary/aromatic N) is 6. The van der Waals surface area contributed by atoms with Crippen molar-refractivity contribution < 1.29 is 86.7 Å². The summed E-state index contributed by atoms with van der Waals surface area (Å²) < 4.78 is 52.7. The van der Waals surface area contributed by atoms with Gasteiger partial charge in [0.05, 0.1) is 129 Å². The molecule has 9 rings (SSSR count). The summed E-state index contributed by atoms with van der Waals surface area (Å²) in [5.41, 5.74) is 7.86. The molecule has 510 valence electrons. The van der Waals surface area contributed by atoms with Gasteiger partial charge in [0.25, 0.3) is 11.5 Å². The summed E-state index contributed by atoms with van der Waals surface area (Å²) >= 11 is 0. The van der Waals surface area contributed by atoms with Crippen LogP contribution in [0.4, 0.5) is 17.3 Å². The summed E-state index contributed by atoms with van der Waals surface area (Å²) in [5.74, 6) is -2.94. The normalized spacial score (nSPS) is 12.9. The molecule has 0 fully saturated rings. The van der Waals surface area contributed by atoms with Crippen LogP contribution in [0.3, 0.4) is 0 Å². The second-order valence-electron chi connectivity index (χ2n) is 21.8. The second kappa shape index (κ2) is 35.3. The van der Waals surface area contributed by atoms with E-state index in [4.69, 9.17) is 48.4 Å². The number of esters is 1. The SMILES string of the molecule is Nc1nc2ncc(CNc3ccc(C(=O)NC(CCCC(=O)NCCOCCOCCOCCOCc4cn(CCOCCOCCOCCNC(=O)CCCC(=O)Nc5ccc6c(c5)C(=O)OC65c6ccc(O)cc6Oc6cc(O)ccc65)nn4)C(=O)O)cc3)nc2c(=O)[nH]1. The van der Waals surface area contributed by atoms with Crippen molar-refractivity contribution in [3.8, 4) is 23.0 Å². The van der Waals surface area contributed by atoms with Crippen LogP contribution in [0.1, 0.15) is 87.3 Å². The fourth-order valence-corrected chi connectivity index (χ4v) is 10.1. The van der Waals surface area contributed by atoms with E-state index in [-0.39, 0.29) is 134 Å². The van der Waals surface area contributed by atoms with Crippen molar-refractivity contribution in [1.82, 2.24) is 50.9 Å². The van der Waals surface area contributed by atoms with Crippen molar-refractivity contribution in [3.05, 3.63) is 141 Å². The van der Waals surface area contributed by atoms with Gasteiger partial charge in [0.1, 0.15) is 34.7 Å². The van der Waals surface area contributed by atoms with Crippen molar-refractivity contribution in [2.24, 2.45) is 0 Å². The van der Waals surface area contributed by atoms with Crippen molar-refractivity contribution in [2.45, 2.75) is 69.9 Å². The minimum absolute atomic E-state index is 0.0399. The van der Waals surface area contributed by atoms with Gasteiger partial charge in [-0.1, -0.05) is 11.3 Å². The first-order chi connectivity index (χ1) is 46.6. The molecule has 1 unspecified atom stereocenters. The number of aromatic nitrogens is 7. The summed E-state index contributed by atoms with van der Waals surface area (Å²) in [4.78, 5) is 103. The van der Waals surface area contributed by atoms with Gasteiger partial charge in [-0.25, -0.2) is 24.2 Å². The van der Waals surface area contributed by atoms with Gasteiger partial charge in [-0.2, -0.15) is 4.98 Å². The van der Waals surface area contributed by atoms with E-state index in [1.54, 1.807) is 47.3 Å². The number of phenols is 2. The van der Waals surface area contributed by atoms with E-state index in [0.717, 1.165) is 0 Å². The van der Waals surface area contributed by atoms with Crippen molar-refractivity contribution in [3.63, 3.8) is 0 Å². The molecule has 2 aliphatic heterocycles. The van der Waals surface area contributed by atoms with Crippen LogP contribution in [0.2, 0.25) is 0 Å². The highest BCUT2D eigenvalue weighted by Crippen LogP contribution is 2.57. The quantitative estimate of drug-likeness (QED) is 0.0194. The maximum absolute atomic E-state index is 13.4. The van der Waals surface area contributed by atoms with E-state index in [0.29, 0.717) is 132 Å². The molecule has 2 aliphatic rings.